The van der Waals surface area contributed by atoms with Gasteiger partial charge in [-0.3, -0.25) is 4.79 Å². The third-order valence-electron chi connectivity index (χ3n) is 3.68. The number of carbonyl (C=O) groups excluding carboxylic acids is 1. The van der Waals surface area contributed by atoms with Gasteiger partial charge in [0.05, 0.1) is 11.8 Å². The molecule has 1 aromatic rings. The highest BCUT2D eigenvalue weighted by atomic mass is 32.2. The molecule has 0 bridgehead atoms. The zero-order chi connectivity index (χ0) is 14.8. The Morgan fingerprint density at radius 3 is 2.45 bits per heavy atom. The van der Waals surface area contributed by atoms with Gasteiger partial charge < -0.3 is 4.90 Å². The maximum atomic E-state index is 12.2. The Morgan fingerprint density at radius 2 is 1.90 bits per heavy atom. The van der Waals surface area contributed by atoms with E-state index in [-0.39, 0.29) is 17.7 Å². The second kappa shape index (κ2) is 5.93. The van der Waals surface area contributed by atoms with E-state index in [4.69, 9.17) is 0 Å². The predicted octanol–water partition coefficient (Wildman–Crippen LogP) is 1.24. The number of piperazine rings is 1. The van der Waals surface area contributed by atoms with E-state index in [1.54, 1.807) is 11.8 Å². The van der Waals surface area contributed by atoms with Crippen LogP contribution in [0.4, 0.5) is 0 Å². The van der Waals surface area contributed by atoms with E-state index in [1.165, 1.54) is 11.2 Å². The first-order chi connectivity index (χ1) is 9.45. The molecule has 0 saturated carbocycles. The Hall–Kier alpha value is -1.40. The van der Waals surface area contributed by atoms with Crippen molar-refractivity contribution in [3.8, 4) is 0 Å². The molecule has 0 N–H and O–H groups in total. The van der Waals surface area contributed by atoms with E-state index in [1.807, 2.05) is 30.3 Å². The molecule has 5 nitrogen and oxygen atoms in total. The first kappa shape index (κ1) is 15.0. The third kappa shape index (κ3) is 3.02. The molecule has 2 rings (SSSR count). The highest BCUT2D eigenvalue weighted by molar-refractivity contribution is 7.89. The molecule has 0 aliphatic carbocycles. The van der Waals surface area contributed by atoms with Crippen molar-refractivity contribution >= 4 is 15.9 Å². The Balaban J connectivity index is 2.35. The topological polar surface area (TPSA) is 57.7 Å². The highest BCUT2D eigenvalue weighted by Crippen LogP contribution is 2.28. The van der Waals surface area contributed by atoms with Crippen LogP contribution in [0.3, 0.4) is 0 Å². The van der Waals surface area contributed by atoms with Crippen LogP contribution in [0.15, 0.2) is 30.3 Å². The Morgan fingerprint density at radius 1 is 1.25 bits per heavy atom. The summed E-state index contributed by atoms with van der Waals surface area (Å²) in [7, 11) is -3.27. The number of benzene rings is 1. The Labute approximate surface area is 120 Å². The molecule has 1 unspecified atom stereocenters. The van der Waals surface area contributed by atoms with Gasteiger partial charge in [0.2, 0.25) is 15.9 Å². The summed E-state index contributed by atoms with van der Waals surface area (Å²) in [4.78, 5) is 13.3. The van der Waals surface area contributed by atoms with Gasteiger partial charge in [0, 0.05) is 26.6 Å². The van der Waals surface area contributed by atoms with Crippen LogP contribution < -0.4 is 0 Å². The zero-order valence-corrected chi connectivity index (χ0v) is 12.6. The lowest BCUT2D eigenvalue weighted by Crippen LogP contribution is -2.52. The van der Waals surface area contributed by atoms with Gasteiger partial charge in [0.25, 0.3) is 0 Å². The highest BCUT2D eigenvalue weighted by Gasteiger charge is 2.35. The van der Waals surface area contributed by atoms with Crippen LogP contribution in [0.1, 0.15) is 25.5 Å². The molecule has 0 aromatic heterocycles. The quantitative estimate of drug-likeness (QED) is 0.843. The smallest absolute Gasteiger partial charge is 0.219 e. The lowest BCUT2D eigenvalue weighted by Gasteiger charge is -2.40. The number of hydrogen-bond donors (Lipinski definition) is 0. The van der Waals surface area contributed by atoms with Crippen LogP contribution in [0, 0.1) is 0 Å². The minimum absolute atomic E-state index is 0.0144. The van der Waals surface area contributed by atoms with E-state index in [0.717, 1.165) is 5.56 Å². The molecule has 1 aromatic carbocycles. The maximum absolute atomic E-state index is 12.2. The Kier molecular flexibility index (Phi) is 4.45. The normalized spacial score (nSPS) is 20.9. The molecular weight excluding hydrogens is 276 g/mol. The van der Waals surface area contributed by atoms with Crippen LogP contribution in [0.5, 0.6) is 0 Å². The first-order valence-corrected chi connectivity index (χ1v) is 8.36. The lowest BCUT2D eigenvalue weighted by molar-refractivity contribution is -0.130. The number of nitrogens with zero attached hydrogens (tertiary/aromatic N) is 2. The largest absolute Gasteiger partial charge is 0.340 e. The summed E-state index contributed by atoms with van der Waals surface area (Å²) in [5.41, 5.74) is 0.926. The molecule has 1 aliphatic rings. The van der Waals surface area contributed by atoms with Crippen molar-refractivity contribution in [3.63, 3.8) is 0 Å². The van der Waals surface area contributed by atoms with Crippen molar-refractivity contribution in [2.45, 2.75) is 19.9 Å². The molecule has 1 aliphatic heterocycles. The second-order valence-electron chi connectivity index (χ2n) is 4.90. The number of amides is 1. The van der Waals surface area contributed by atoms with Crippen molar-refractivity contribution in [3.05, 3.63) is 35.9 Å². The third-order valence-corrected chi connectivity index (χ3v) is 5.56. The summed E-state index contributed by atoms with van der Waals surface area (Å²) in [6.45, 7) is 4.40. The lowest BCUT2D eigenvalue weighted by atomic mass is 10.0. The van der Waals surface area contributed by atoms with Crippen LogP contribution in [-0.4, -0.2) is 48.9 Å². The van der Waals surface area contributed by atoms with Gasteiger partial charge in [-0.25, -0.2) is 8.42 Å². The van der Waals surface area contributed by atoms with Crippen LogP contribution >= 0.6 is 0 Å². The van der Waals surface area contributed by atoms with E-state index < -0.39 is 10.0 Å². The number of carbonyl (C=O) groups is 1. The summed E-state index contributed by atoms with van der Waals surface area (Å²) in [5, 5.41) is 0. The molecule has 1 fully saturated rings. The van der Waals surface area contributed by atoms with Crippen molar-refractivity contribution < 1.29 is 13.2 Å². The van der Waals surface area contributed by atoms with Crippen LogP contribution in [0.2, 0.25) is 0 Å². The summed E-state index contributed by atoms with van der Waals surface area (Å²) in [6.07, 6.45) is 0. The Bertz CT molecular complexity index is 571. The molecule has 110 valence electrons. The molecule has 0 spiro atoms. The molecule has 0 radical (unpaired) electrons. The van der Waals surface area contributed by atoms with Gasteiger partial charge in [-0.15, -0.1) is 0 Å². The summed E-state index contributed by atoms with van der Waals surface area (Å²) in [6, 6.07) is 9.20. The standard InChI is InChI=1S/C14H20N2O3S/c1-3-20(18,19)16-10-9-15(12(2)17)11-14(16)13-7-5-4-6-8-13/h4-8,14H,3,9-11H2,1-2H3. The van der Waals surface area contributed by atoms with Crippen molar-refractivity contribution in [2.75, 3.05) is 25.4 Å². The van der Waals surface area contributed by atoms with Gasteiger partial charge in [0.1, 0.15) is 0 Å². The van der Waals surface area contributed by atoms with Crippen LogP contribution in [0.25, 0.3) is 0 Å². The van der Waals surface area contributed by atoms with Gasteiger partial charge in [0.15, 0.2) is 0 Å². The van der Waals surface area contributed by atoms with E-state index >= 15 is 0 Å². The molecule has 1 amide bonds. The zero-order valence-electron chi connectivity index (χ0n) is 11.8. The van der Waals surface area contributed by atoms with Crippen molar-refractivity contribution in [1.29, 1.82) is 0 Å². The second-order valence-corrected chi connectivity index (χ2v) is 7.11. The predicted molar refractivity (Wildman–Crippen MR) is 77.6 cm³/mol. The number of hydrogen-bond acceptors (Lipinski definition) is 3. The molecule has 20 heavy (non-hydrogen) atoms. The average Bonchev–Trinajstić information content (AvgIpc) is 2.47. The monoisotopic (exact) mass is 296 g/mol. The van der Waals surface area contributed by atoms with E-state index in [0.29, 0.717) is 19.6 Å². The molecule has 1 heterocycles. The minimum atomic E-state index is -3.27. The van der Waals surface area contributed by atoms with Crippen molar-refractivity contribution in [1.82, 2.24) is 9.21 Å². The maximum Gasteiger partial charge on any atom is 0.219 e. The van der Waals surface area contributed by atoms with E-state index in [9.17, 15) is 13.2 Å². The van der Waals surface area contributed by atoms with Gasteiger partial charge in [-0.2, -0.15) is 4.31 Å². The average molecular weight is 296 g/mol. The van der Waals surface area contributed by atoms with Crippen LogP contribution in [-0.2, 0) is 14.8 Å². The number of sulfonamides is 1. The first-order valence-electron chi connectivity index (χ1n) is 6.75. The molecular formula is C14H20N2O3S. The van der Waals surface area contributed by atoms with E-state index in [2.05, 4.69) is 0 Å². The molecule has 6 heteroatoms. The fourth-order valence-electron chi connectivity index (χ4n) is 2.50. The molecule has 1 atom stereocenters. The number of rotatable bonds is 3. The fraction of sp³-hybridized carbons (Fsp3) is 0.500. The van der Waals surface area contributed by atoms with Crippen molar-refractivity contribution in [2.24, 2.45) is 0 Å². The SMILES string of the molecule is CCS(=O)(=O)N1CCN(C(C)=O)CC1c1ccccc1. The fourth-order valence-corrected chi connectivity index (χ4v) is 3.77. The molecule has 1 saturated heterocycles. The van der Waals surface area contributed by atoms with Gasteiger partial charge in [-0.1, -0.05) is 30.3 Å². The van der Waals surface area contributed by atoms with Gasteiger partial charge in [-0.05, 0) is 12.5 Å². The summed E-state index contributed by atoms with van der Waals surface area (Å²) >= 11 is 0. The minimum Gasteiger partial charge on any atom is -0.340 e. The van der Waals surface area contributed by atoms with Gasteiger partial charge >= 0.3 is 0 Å². The summed E-state index contributed by atoms with van der Waals surface area (Å²) < 4.78 is 26.0. The summed E-state index contributed by atoms with van der Waals surface area (Å²) in [5.74, 6) is 0.0654.